The lowest BCUT2D eigenvalue weighted by Crippen LogP contribution is -2.53. The lowest BCUT2D eigenvalue weighted by molar-refractivity contribution is -0.142. The highest BCUT2D eigenvalue weighted by Gasteiger charge is 2.34. The first-order valence-electron chi connectivity index (χ1n) is 5.75. The van der Waals surface area contributed by atoms with Crippen molar-refractivity contribution in [3.05, 3.63) is 0 Å². The molecule has 1 aliphatic heterocycles. The number of rotatable bonds is 2. The summed E-state index contributed by atoms with van der Waals surface area (Å²) in [6.45, 7) is 6.41. The highest BCUT2D eigenvalue weighted by molar-refractivity contribution is 5.83. The minimum Gasteiger partial charge on any atom is -0.480 e. The van der Waals surface area contributed by atoms with Gasteiger partial charge in [0.1, 0.15) is 6.04 Å². The van der Waals surface area contributed by atoms with E-state index in [2.05, 4.69) is 5.32 Å². The summed E-state index contributed by atoms with van der Waals surface area (Å²) in [4.78, 5) is 24.5. The number of carbonyl (C=O) groups is 2. The van der Waals surface area contributed by atoms with Gasteiger partial charge >= 0.3 is 12.0 Å². The lowest BCUT2D eigenvalue weighted by atomic mass is 9.87. The van der Waals surface area contributed by atoms with Crippen molar-refractivity contribution in [2.75, 3.05) is 13.1 Å². The Hall–Kier alpha value is -1.30. The largest absolute Gasteiger partial charge is 0.480 e. The van der Waals surface area contributed by atoms with E-state index in [1.165, 1.54) is 0 Å². The first-order chi connectivity index (χ1) is 7.71. The van der Waals surface area contributed by atoms with Crippen LogP contribution in [0.25, 0.3) is 0 Å². The zero-order chi connectivity index (χ0) is 13.2. The average molecular weight is 243 g/mol. The molecule has 0 aliphatic carbocycles. The van der Waals surface area contributed by atoms with E-state index in [-0.39, 0.29) is 12.1 Å². The summed E-state index contributed by atoms with van der Waals surface area (Å²) in [5, 5.41) is 11.6. The fourth-order valence-corrected chi connectivity index (χ4v) is 1.84. The topological polar surface area (TPSA) is 95.7 Å². The summed E-state index contributed by atoms with van der Waals surface area (Å²) in [6.07, 6.45) is 0.765. The molecule has 17 heavy (non-hydrogen) atoms. The van der Waals surface area contributed by atoms with E-state index in [0.29, 0.717) is 13.1 Å². The van der Waals surface area contributed by atoms with Crippen molar-refractivity contribution in [1.82, 2.24) is 10.2 Å². The van der Waals surface area contributed by atoms with Crippen molar-refractivity contribution in [3.8, 4) is 0 Å². The number of urea groups is 1. The van der Waals surface area contributed by atoms with Gasteiger partial charge in [0.05, 0.1) is 0 Å². The molecule has 1 rings (SSSR count). The van der Waals surface area contributed by atoms with Gasteiger partial charge in [-0.05, 0) is 11.8 Å². The van der Waals surface area contributed by atoms with Gasteiger partial charge in [0.15, 0.2) is 0 Å². The van der Waals surface area contributed by atoms with E-state index >= 15 is 0 Å². The van der Waals surface area contributed by atoms with Gasteiger partial charge in [-0.25, -0.2) is 9.59 Å². The molecule has 1 fully saturated rings. The fraction of sp³-hybridized carbons (Fsp3) is 0.818. The van der Waals surface area contributed by atoms with Gasteiger partial charge < -0.3 is 21.1 Å². The van der Waals surface area contributed by atoms with Crippen LogP contribution >= 0.6 is 0 Å². The molecule has 2 amide bonds. The normalized spacial score (nSPS) is 22.4. The highest BCUT2D eigenvalue weighted by Crippen LogP contribution is 2.20. The van der Waals surface area contributed by atoms with Crippen molar-refractivity contribution in [2.45, 2.75) is 39.3 Å². The number of likely N-dealkylation sites (tertiary alicyclic amines) is 1. The minimum atomic E-state index is -1.02. The Labute approximate surface area is 101 Å². The van der Waals surface area contributed by atoms with E-state index in [9.17, 15) is 9.59 Å². The van der Waals surface area contributed by atoms with Crippen LogP contribution in [0.1, 0.15) is 27.2 Å². The van der Waals surface area contributed by atoms with Crippen molar-refractivity contribution in [3.63, 3.8) is 0 Å². The second kappa shape index (κ2) is 4.91. The van der Waals surface area contributed by atoms with E-state index in [1.54, 1.807) is 25.7 Å². The third-order valence-electron chi connectivity index (χ3n) is 2.89. The smallest absolute Gasteiger partial charge is 0.326 e. The Bertz CT molecular complexity index is 312. The Kier molecular flexibility index (Phi) is 3.98. The molecule has 0 aromatic carbocycles. The summed E-state index contributed by atoms with van der Waals surface area (Å²) in [5.74, 6) is -1.02. The number of carboxylic acid groups (broad SMARTS) is 1. The summed E-state index contributed by atoms with van der Waals surface area (Å²) in [6, 6.07) is -1.24. The summed E-state index contributed by atoms with van der Waals surface area (Å²) < 4.78 is 0. The molecule has 98 valence electrons. The van der Waals surface area contributed by atoms with E-state index in [0.717, 1.165) is 6.42 Å². The molecular formula is C11H21N3O3. The maximum atomic E-state index is 11.8. The van der Waals surface area contributed by atoms with Crippen LogP contribution in [0, 0.1) is 5.41 Å². The second-order valence-electron chi connectivity index (χ2n) is 5.58. The molecule has 1 heterocycles. The van der Waals surface area contributed by atoms with Gasteiger partial charge in [0, 0.05) is 19.1 Å². The molecule has 2 atom stereocenters. The number of nitrogens with two attached hydrogens (primary N) is 1. The molecule has 4 N–H and O–H groups in total. The predicted molar refractivity (Wildman–Crippen MR) is 63.6 cm³/mol. The molecule has 0 radical (unpaired) electrons. The zero-order valence-electron chi connectivity index (χ0n) is 10.6. The van der Waals surface area contributed by atoms with E-state index < -0.39 is 17.4 Å². The Morgan fingerprint density at radius 1 is 1.47 bits per heavy atom. The van der Waals surface area contributed by atoms with Crippen molar-refractivity contribution in [1.29, 1.82) is 0 Å². The highest BCUT2D eigenvalue weighted by atomic mass is 16.4. The predicted octanol–water partition coefficient (Wildman–Crippen LogP) is 0.228. The van der Waals surface area contributed by atoms with Crippen molar-refractivity contribution >= 4 is 12.0 Å². The van der Waals surface area contributed by atoms with Gasteiger partial charge in [-0.1, -0.05) is 20.8 Å². The first kappa shape index (κ1) is 13.8. The number of carbonyl (C=O) groups excluding carboxylic acids is 1. The average Bonchev–Trinajstić information content (AvgIpc) is 2.58. The van der Waals surface area contributed by atoms with Crippen LogP contribution in [0.15, 0.2) is 0 Å². The number of amides is 2. The standard InChI is InChI=1S/C11H21N3O3/c1-11(2,3)8(9(15)16)13-10(17)14-5-4-7(12)6-14/h7-8H,4-6,12H2,1-3H3,(H,13,17)(H,15,16). The Morgan fingerprint density at radius 2 is 2.06 bits per heavy atom. The van der Waals surface area contributed by atoms with Crippen LogP contribution in [0.5, 0.6) is 0 Å². The zero-order valence-corrected chi connectivity index (χ0v) is 10.6. The van der Waals surface area contributed by atoms with Gasteiger partial charge in [-0.3, -0.25) is 0 Å². The van der Waals surface area contributed by atoms with Crippen LogP contribution in [-0.2, 0) is 4.79 Å². The maximum absolute atomic E-state index is 11.8. The number of carboxylic acids is 1. The van der Waals surface area contributed by atoms with Gasteiger partial charge in [0.2, 0.25) is 0 Å². The molecule has 0 spiro atoms. The SMILES string of the molecule is CC(C)(C)C(NC(=O)N1CCC(N)C1)C(=O)O. The molecule has 6 heteroatoms. The summed E-state index contributed by atoms with van der Waals surface area (Å²) >= 11 is 0. The first-order valence-corrected chi connectivity index (χ1v) is 5.75. The third-order valence-corrected chi connectivity index (χ3v) is 2.89. The molecule has 0 aromatic rings. The monoisotopic (exact) mass is 243 g/mol. The van der Waals surface area contributed by atoms with Gasteiger partial charge in [0.25, 0.3) is 0 Å². The molecule has 0 bridgehead atoms. The maximum Gasteiger partial charge on any atom is 0.326 e. The molecular weight excluding hydrogens is 222 g/mol. The Balaban J connectivity index is 2.62. The quantitative estimate of drug-likeness (QED) is 0.647. The number of nitrogens with zero attached hydrogens (tertiary/aromatic N) is 1. The second-order valence-corrected chi connectivity index (χ2v) is 5.58. The Morgan fingerprint density at radius 3 is 2.41 bits per heavy atom. The van der Waals surface area contributed by atoms with Crippen molar-refractivity contribution in [2.24, 2.45) is 11.1 Å². The summed E-state index contributed by atoms with van der Waals surface area (Å²) in [5.41, 5.74) is 5.18. The summed E-state index contributed by atoms with van der Waals surface area (Å²) in [7, 11) is 0. The fourth-order valence-electron chi connectivity index (χ4n) is 1.84. The van der Waals surface area contributed by atoms with Gasteiger partial charge in [-0.15, -0.1) is 0 Å². The van der Waals surface area contributed by atoms with Crippen LogP contribution in [-0.4, -0.2) is 47.2 Å². The molecule has 1 aliphatic rings. The van der Waals surface area contributed by atoms with Gasteiger partial charge in [-0.2, -0.15) is 0 Å². The van der Waals surface area contributed by atoms with E-state index in [4.69, 9.17) is 10.8 Å². The van der Waals surface area contributed by atoms with Crippen LogP contribution < -0.4 is 11.1 Å². The molecule has 2 unspecified atom stereocenters. The molecule has 1 saturated heterocycles. The lowest BCUT2D eigenvalue weighted by Gasteiger charge is -2.29. The van der Waals surface area contributed by atoms with Crippen LogP contribution in [0.3, 0.4) is 0 Å². The molecule has 0 aromatic heterocycles. The third kappa shape index (κ3) is 3.59. The number of aliphatic carboxylic acids is 1. The van der Waals surface area contributed by atoms with Crippen molar-refractivity contribution < 1.29 is 14.7 Å². The molecule has 6 nitrogen and oxygen atoms in total. The number of hydrogen-bond acceptors (Lipinski definition) is 3. The van der Waals surface area contributed by atoms with Crippen LogP contribution in [0.4, 0.5) is 4.79 Å². The van der Waals surface area contributed by atoms with E-state index in [1.807, 2.05) is 0 Å². The number of nitrogens with one attached hydrogen (secondary N) is 1. The number of hydrogen-bond donors (Lipinski definition) is 3. The molecule has 0 saturated carbocycles. The van der Waals surface area contributed by atoms with Crippen LogP contribution in [0.2, 0.25) is 0 Å². The minimum absolute atomic E-state index is 0.00124.